The van der Waals surface area contributed by atoms with Gasteiger partial charge in [0.25, 0.3) is 0 Å². The van der Waals surface area contributed by atoms with E-state index in [1.807, 2.05) is 13.8 Å². The molecule has 1 aromatic carbocycles. The number of benzene rings is 1. The zero-order valence-electron chi connectivity index (χ0n) is 8.29. The Morgan fingerprint density at radius 3 is 1.93 bits per heavy atom. The fourth-order valence-corrected chi connectivity index (χ4v) is 2.93. The monoisotopic (exact) mass is 273 g/mol. The van der Waals surface area contributed by atoms with Crippen molar-refractivity contribution in [2.45, 2.75) is 33.6 Å². The molecule has 1 heterocycles. The molecule has 0 bridgehead atoms. The highest BCUT2D eigenvalue weighted by Gasteiger charge is 2.15. The number of fused-ring (bicyclic) bond motifs is 1. The topological polar surface area (TPSA) is 15.8 Å². The Bertz CT molecular complexity index is 557. The number of H-pyrrole nitrogens is 1. The van der Waals surface area contributed by atoms with E-state index in [-0.39, 0.29) is 0 Å². The predicted molar refractivity (Wildman–Crippen MR) is 76.8 cm³/mol. The lowest BCUT2D eigenvalue weighted by atomic mass is 10.1. The first kappa shape index (κ1) is 11.6. The van der Waals surface area contributed by atoms with Crippen molar-refractivity contribution in [3.8, 4) is 0 Å². The number of nitrogens with one attached hydrogen (secondary N) is 1. The third-order valence-electron chi connectivity index (χ3n) is 2.70. The van der Waals surface area contributed by atoms with Crippen molar-refractivity contribution in [1.29, 1.82) is 0 Å². The van der Waals surface area contributed by atoms with Crippen LogP contribution in [0.1, 0.15) is 11.1 Å². The summed E-state index contributed by atoms with van der Waals surface area (Å²) >= 11 is 17.8. The second kappa shape index (κ2) is 3.87. The number of rotatable bonds is 0. The van der Waals surface area contributed by atoms with Crippen molar-refractivity contribution in [1.82, 2.24) is 4.98 Å². The van der Waals surface area contributed by atoms with Gasteiger partial charge in [0.1, 0.15) is 0 Å². The van der Waals surface area contributed by atoms with E-state index in [4.69, 9.17) is 0 Å². The van der Waals surface area contributed by atoms with Gasteiger partial charge in [-0.3, -0.25) is 0 Å². The van der Waals surface area contributed by atoms with Gasteiger partial charge in [0, 0.05) is 20.1 Å². The molecule has 0 aliphatic carbocycles. The van der Waals surface area contributed by atoms with Crippen LogP contribution < -0.4 is 0 Å². The van der Waals surface area contributed by atoms with Gasteiger partial charge in [-0.1, -0.05) is 0 Å². The predicted octanol–water partition coefficient (Wildman–Crippen LogP) is 3.94. The molecule has 0 saturated heterocycles. The highest BCUT2D eigenvalue weighted by Crippen LogP contribution is 2.39. The molecule has 15 heavy (non-hydrogen) atoms. The highest BCUT2D eigenvalue weighted by molar-refractivity contribution is 7.84. The molecule has 0 aliphatic heterocycles. The van der Waals surface area contributed by atoms with Crippen LogP contribution in [0.15, 0.2) is 19.7 Å². The van der Waals surface area contributed by atoms with E-state index in [0.29, 0.717) is 0 Å². The standard InChI is InChI=1S/C10H11NS4/c1-3-4(2)8(13)6-5(7(3)12)9(14)10(15)11-6/h11-15H,1-2H3. The third-order valence-corrected chi connectivity index (χ3v) is 4.78. The summed E-state index contributed by atoms with van der Waals surface area (Å²) in [5.74, 6) is 0. The number of aromatic amines is 1. The van der Waals surface area contributed by atoms with Crippen molar-refractivity contribution in [3.05, 3.63) is 11.1 Å². The summed E-state index contributed by atoms with van der Waals surface area (Å²) in [7, 11) is 0. The van der Waals surface area contributed by atoms with E-state index in [2.05, 4.69) is 55.5 Å². The van der Waals surface area contributed by atoms with E-state index >= 15 is 0 Å². The second-order valence-electron chi connectivity index (χ2n) is 3.52. The molecule has 0 atom stereocenters. The molecule has 0 fully saturated rings. The van der Waals surface area contributed by atoms with Crippen molar-refractivity contribution >= 4 is 61.4 Å². The number of thiol groups is 4. The van der Waals surface area contributed by atoms with Crippen LogP contribution in [0.5, 0.6) is 0 Å². The summed E-state index contributed by atoms with van der Waals surface area (Å²) in [5.41, 5.74) is 3.23. The molecule has 2 rings (SSSR count). The van der Waals surface area contributed by atoms with Gasteiger partial charge in [-0.25, -0.2) is 0 Å². The quantitative estimate of drug-likeness (QED) is 0.447. The van der Waals surface area contributed by atoms with Crippen molar-refractivity contribution in [2.75, 3.05) is 0 Å². The minimum Gasteiger partial charge on any atom is -0.348 e. The molecule has 1 nitrogen and oxygen atoms in total. The first-order valence-electron chi connectivity index (χ1n) is 4.39. The van der Waals surface area contributed by atoms with E-state index in [1.165, 1.54) is 0 Å². The van der Waals surface area contributed by atoms with Gasteiger partial charge < -0.3 is 4.98 Å². The van der Waals surface area contributed by atoms with Crippen molar-refractivity contribution in [3.63, 3.8) is 0 Å². The van der Waals surface area contributed by atoms with Crippen LogP contribution in [0.4, 0.5) is 0 Å². The van der Waals surface area contributed by atoms with Gasteiger partial charge in [-0.15, -0.1) is 50.5 Å². The maximum absolute atomic E-state index is 4.53. The molecule has 0 unspecified atom stereocenters. The molecule has 2 aromatic rings. The minimum atomic E-state index is 0.754. The van der Waals surface area contributed by atoms with Crippen molar-refractivity contribution < 1.29 is 0 Å². The molecular formula is C10H11NS4. The van der Waals surface area contributed by atoms with Crippen LogP contribution in [-0.2, 0) is 0 Å². The summed E-state index contributed by atoms with van der Waals surface area (Å²) in [5, 5.41) is 1.75. The largest absolute Gasteiger partial charge is 0.348 e. The van der Waals surface area contributed by atoms with Crippen LogP contribution in [0.25, 0.3) is 10.9 Å². The Morgan fingerprint density at radius 1 is 0.800 bits per heavy atom. The van der Waals surface area contributed by atoms with E-state index in [1.54, 1.807) is 0 Å². The maximum atomic E-state index is 4.53. The molecule has 0 spiro atoms. The molecule has 5 heteroatoms. The molecule has 80 valence electrons. The number of aromatic nitrogens is 1. The molecule has 1 aromatic heterocycles. The fraction of sp³-hybridized carbons (Fsp3) is 0.200. The Balaban J connectivity index is 3.07. The molecular weight excluding hydrogens is 262 g/mol. The molecule has 0 saturated carbocycles. The maximum Gasteiger partial charge on any atom is 0.0838 e. The third kappa shape index (κ3) is 1.60. The lowest BCUT2D eigenvalue weighted by Crippen LogP contribution is -1.88. The minimum absolute atomic E-state index is 0.754. The van der Waals surface area contributed by atoms with Crippen LogP contribution in [0, 0.1) is 13.8 Å². The summed E-state index contributed by atoms with van der Waals surface area (Å²) < 4.78 is 0. The zero-order chi connectivity index (χ0) is 11.3. The number of hydrogen-bond acceptors (Lipinski definition) is 4. The van der Waals surface area contributed by atoms with Gasteiger partial charge in [0.2, 0.25) is 0 Å². The first-order chi connectivity index (χ1) is 6.95. The van der Waals surface area contributed by atoms with Crippen molar-refractivity contribution in [2.24, 2.45) is 0 Å². The van der Waals surface area contributed by atoms with Gasteiger partial charge in [0.15, 0.2) is 0 Å². The van der Waals surface area contributed by atoms with Crippen LogP contribution in [0.3, 0.4) is 0 Å². The summed E-state index contributed by atoms with van der Waals surface area (Å²) in [4.78, 5) is 5.88. The smallest absolute Gasteiger partial charge is 0.0838 e. The fourth-order valence-electron chi connectivity index (χ4n) is 1.62. The summed E-state index contributed by atoms with van der Waals surface area (Å²) in [6.45, 7) is 4.07. The lowest BCUT2D eigenvalue weighted by molar-refractivity contribution is 1.15. The Morgan fingerprint density at radius 2 is 1.33 bits per heavy atom. The average Bonchev–Trinajstić information content (AvgIpc) is 2.50. The van der Waals surface area contributed by atoms with Crippen LogP contribution >= 0.6 is 50.5 Å². The van der Waals surface area contributed by atoms with E-state index in [9.17, 15) is 0 Å². The lowest BCUT2D eigenvalue weighted by Gasteiger charge is -2.09. The SMILES string of the molecule is Cc1c(C)c(S)c2c(S)c(S)[nH]c2c1S. The van der Waals surface area contributed by atoms with E-state index < -0.39 is 0 Å². The van der Waals surface area contributed by atoms with Gasteiger partial charge >= 0.3 is 0 Å². The molecule has 0 aliphatic rings. The average molecular weight is 273 g/mol. The molecule has 0 amide bonds. The van der Waals surface area contributed by atoms with Gasteiger partial charge in [-0.05, 0) is 25.0 Å². The molecule has 1 N–H and O–H groups in total. The second-order valence-corrected chi connectivity index (χ2v) is 5.31. The van der Waals surface area contributed by atoms with E-state index in [0.717, 1.165) is 41.7 Å². The van der Waals surface area contributed by atoms with Crippen LogP contribution in [-0.4, -0.2) is 4.98 Å². The Hall–Kier alpha value is 0.160. The molecule has 0 radical (unpaired) electrons. The van der Waals surface area contributed by atoms with Crippen LogP contribution in [0.2, 0.25) is 0 Å². The highest BCUT2D eigenvalue weighted by atomic mass is 32.1. The zero-order valence-corrected chi connectivity index (χ0v) is 11.9. The summed E-state index contributed by atoms with van der Waals surface area (Å²) in [6.07, 6.45) is 0. The van der Waals surface area contributed by atoms with Gasteiger partial charge in [0.05, 0.1) is 10.5 Å². The first-order valence-corrected chi connectivity index (χ1v) is 6.18. The summed E-state index contributed by atoms with van der Waals surface area (Å²) in [6, 6.07) is 0. The van der Waals surface area contributed by atoms with Gasteiger partial charge in [-0.2, -0.15) is 0 Å². The number of hydrogen-bond donors (Lipinski definition) is 5. The normalized spacial score (nSPS) is 11.3. The Kier molecular flexibility index (Phi) is 3.01. The Labute approximate surface area is 111 Å².